The highest BCUT2D eigenvalue weighted by molar-refractivity contribution is 6.29. The number of hydrogen-bond donors (Lipinski definition) is 1. The van der Waals surface area contributed by atoms with E-state index in [0.29, 0.717) is 5.15 Å². The Kier molecular flexibility index (Phi) is 4.74. The summed E-state index contributed by atoms with van der Waals surface area (Å²) in [6.45, 7) is 4.40. The molecule has 1 aromatic heterocycles. The topological polar surface area (TPSA) is 37.4 Å². The first-order valence-electron chi connectivity index (χ1n) is 5.88. The van der Waals surface area contributed by atoms with Gasteiger partial charge < -0.3 is 10.1 Å². The fraction of sp³-hybridized carbons (Fsp3) is 0.583. The van der Waals surface area contributed by atoms with Crippen molar-refractivity contribution in [2.24, 2.45) is 0 Å². The predicted molar refractivity (Wildman–Crippen MR) is 68.2 cm³/mol. The minimum absolute atomic E-state index is 0.271. The van der Waals surface area contributed by atoms with Crippen molar-refractivity contribution < 1.29 is 4.74 Å². The third-order valence-electron chi connectivity index (χ3n) is 2.81. The van der Waals surface area contributed by atoms with Gasteiger partial charge in [-0.2, -0.15) is 0 Å². The number of hydrogen-bond acceptors (Lipinski definition) is 4. The third kappa shape index (κ3) is 3.92. The van der Waals surface area contributed by atoms with Crippen LogP contribution in [0.2, 0.25) is 5.15 Å². The Morgan fingerprint density at radius 1 is 1.59 bits per heavy atom. The van der Waals surface area contributed by atoms with Crippen LogP contribution in [0.25, 0.3) is 0 Å². The summed E-state index contributed by atoms with van der Waals surface area (Å²) in [5, 5.41) is 3.70. The molecule has 1 N–H and O–H groups in total. The molecule has 1 aliphatic rings. The molecule has 4 nitrogen and oxygen atoms in total. The highest BCUT2D eigenvalue weighted by Crippen LogP contribution is 2.11. The Hall–Kier alpha value is -0.680. The van der Waals surface area contributed by atoms with Crippen LogP contribution in [-0.2, 0) is 11.3 Å². The molecule has 1 aliphatic heterocycles. The molecule has 5 heteroatoms. The predicted octanol–water partition coefficient (Wildman–Crippen LogP) is 1.16. The van der Waals surface area contributed by atoms with E-state index in [1.54, 1.807) is 6.07 Å². The zero-order valence-corrected chi connectivity index (χ0v) is 10.8. The van der Waals surface area contributed by atoms with Gasteiger partial charge in [-0.25, -0.2) is 4.98 Å². The highest BCUT2D eigenvalue weighted by atomic mass is 35.5. The number of likely N-dealkylation sites (N-methyl/N-ethyl adjacent to an activating group) is 1. The zero-order valence-electron chi connectivity index (χ0n) is 10.0. The summed E-state index contributed by atoms with van der Waals surface area (Å²) in [5.41, 5.74) is 1.02. The molecule has 0 aromatic carbocycles. The second kappa shape index (κ2) is 6.31. The van der Waals surface area contributed by atoms with Gasteiger partial charge in [-0.1, -0.05) is 17.7 Å². The second-order valence-corrected chi connectivity index (χ2v) is 4.62. The van der Waals surface area contributed by atoms with Gasteiger partial charge in [0.15, 0.2) is 0 Å². The van der Waals surface area contributed by atoms with E-state index in [1.165, 1.54) is 0 Å². The minimum Gasteiger partial charge on any atom is -0.374 e. The maximum absolute atomic E-state index is 5.88. The van der Waals surface area contributed by atoms with Crippen molar-refractivity contribution in [2.45, 2.75) is 12.6 Å². The summed E-state index contributed by atoms with van der Waals surface area (Å²) >= 11 is 5.88. The first kappa shape index (κ1) is 12.8. The summed E-state index contributed by atoms with van der Waals surface area (Å²) < 4.78 is 5.66. The van der Waals surface area contributed by atoms with Crippen molar-refractivity contribution in [3.8, 4) is 0 Å². The Morgan fingerprint density at radius 2 is 2.47 bits per heavy atom. The van der Waals surface area contributed by atoms with Crippen molar-refractivity contribution in [3.05, 3.63) is 29.0 Å². The van der Waals surface area contributed by atoms with Gasteiger partial charge >= 0.3 is 0 Å². The molecule has 94 valence electrons. The van der Waals surface area contributed by atoms with E-state index in [4.69, 9.17) is 16.3 Å². The molecule has 1 fully saturated rings. The van der Waals surface area contributed by atoms with Crippen LogP contribution in [-0.4, -0.2) is 49.3 Å². The van der Waals surface area contributed by atoms with Crippen LogP contribution in [0.15, 0.2) is 18.2 Å². The summed E-state index contributed by atoms with van der Waals surface area (Å²) in [6.07, 6.45) is 0.271. The standard InChI is InChI=1S/C12H18ClN3O/c1-14-7-11-9-16(5-6-17-11)8-10-3-2-4-12(13)15-10/h2-4,11,14H,5-9H2,1H3. The van der Waals surface area contributed by atoms with Crippen LogP contribution in [0, 0.1) is 0 Å². The van der Waals surface area contributed by atoms with E-state index >= 15 is 0 Å². The van der Waals surface area contributed by atoms with Gasteiger partial charge in [0.05, 0.1) is 18.4 Å². The summed E-state index contributed by atoms with van der Waals surface area (Å²) in [7, 11) is 1.95. The van der Waals surface area contributed by atoms with Crippen LogP contribution < -0.4 is 5.32 Å². The molecular formula is C12H18ClN3O. The molecular weight excluding hydrogens is 238 g/mol. The summed E-state index contributed by atoms with van der Waals surface area (Å²) in [5.74, 6) is 0. The monoisotopic (exact) mass is 255 g/mol. The molecule has 1 saturated heterocycles. The Bertz CT molecular complexity index is 359. The van der Waals surface area contributed by atoms with Crippen LogP contribution in [0.4, 0.5) is 0 Å². The Morgan fingerprint density at radius 3 is 3.24 bits per heavy atom. The molecule has 0 spiro atoms. The average molecular weight is 256 g/mol. The minimum atomic E-state index is 0.271. The van der Waals surface area contributed by atoms with Crippen molar-refractivity contribution in [3.63, 3.8) is 0 Å². The Labute approximate surface area is 107 Å². The number of nitrogens with one attached hydrogen (secondary N) is 1. The maximum atomic E-state index is 5.88. The smallest absolute Gasteiger partial charge is 0.129 e. The molecule has 1 atom stereocenters. The van der Waals surface area contributed by atoms with E-state index in [0.717, 1.165) is 38.5 Å². The quantitative estimate of drug-likeness (QED) is 0.820. The van der Waals surface area contributed by atoms with Gasteiger partial charge in [-0.05, 0) is 19.2 Å². The first-order chi connectivity index (χ1) is 8.28. The number of rotatable bonds is 4. The lowest BCUT2D eigenvalue weighted by atomic mass is 10.2. The maximum Gasteiger partial charge on any atom is 0.129 e. The van der Waals surface area contributed by atoms with Crippen LogP contribution >= 0.6 is 11.6 Å². The van der Waals surface area contributed by atoms with E-state index in [9.17, 15) is 0 Å². The second-order valence-electron chi connectivity index (χ2n) is 4.24. The van der Waals surface area contributed by atoms with E-state index in [1.807, 2.05) is 19.2 Å². The van der Waals surface area contributed by atoms with E-state index in [2.05, 4.69) is 15.2 Å². The number of ether oxygens (including phenoxy) is 1. The van der Waals surface area contributed by atoms with Gasteiger partial charge in [-0.15, -0.1) is 0 Å². The zero-order chi connectivity index (χ0) is 12.1. The first-order valence-corrected chi connectivity index (χ1v) is 6.25. The number of pyridine rings is 1. The SMILES string of the molecule is CNCC1CN(Cc2cccc(Cl)n2)CCO1. The fourth-order valence-electron chi connectivity index (χ4n) is 2.04. The van der Waals surface area contributed by atoms with Gasteiger partial charge in [0.25, 0.3) is 0 Å². The van der Waals surface area contributed by atoms with Crippen molar-refractivity contribution in [1.82, 2.24) is 15.2 Å². The Balaban J connectivity index is 1.90. The third-order valence-corrected chi connectivity index (χ3v) is 3.02. The number of nitrogens with zero attached hydrogens (tertiary/aromatic N) is 2. The van der Waals surface area contributed by atoms with Gasteiger partial charge in [-0.3, -0.25) is 4.90 Å². The normalized spacial score (nSPS) is 21.6. The lowest BCUT2D eigenvalue weighted by Crippen LogP contribution is -2.45. The molecule has 0 radical (unpaired) electrons. The lowest BCUT2D eigenvalue weighted by molar-refractivity contribution is -0.0294. The van der Waals surface area contributed by atoms with Crippen molar-refractivity contribution >= 4 is 11.6 Å². The fourth-order valence-corrected chi connectivity index (χ4v) is 2.22. The summed E-state index contributed by atoms with van der Waals surface area (Å²) in [4.78, 5) is 6.66. The van der Waals surface area contributed by atoms with E-state index < -0.39 is 0 Å². The molecule has 0 saturated carbocycles. The molecule has 2 heterocycles. The van der Waals surface area contributed by atoms with Gasteiger partial charge in [0.2, 0.25) is 0 Å². The van der Waals surface area contributed by atoms with Crippen LogP contribution in [0.3, 0.4) is 0 Å². The molecule has 0 aliphatic carbocycles. The largest absolute Gasteiger partial charge is 0.374 e. The van der Waals surface area contributed by atoms with Gasteiger partial charge in [0, 0.05) is 26.2 Å². The van der Waals surface area contributed by atoms with Crippen molar-refractivity contribution in [2.75, 3.05) is 33.3 Å². The molecule has 0 amide bonds. The van der Waals surface area contributed by atoms with Crippen LogP contribution in [0.5, 0.6) is 0 Å². The molecule has 0 bridgehead atoms. The van der Waals surface area contributed by atoms with Crippen molar-refractivity contribution in [1.29, 1.82) is 0 Å². The number of morpholine rings is 1. The van der Waals surface area contributed by atoms with Crippen LogP contribution in [0.1, 0.15) is 5.69 Å². The van der Waals surface area contributed by atoms with Gasteiger partial charge in [0.1, 0.15) is 5.15 Å². The molecule has 1 unspecified atom stereocenters. The molecule has 17 heavy (non-hydrogen) atoms. The lowest BCUT2D eigenvalue weighted by Gasteiger charge is -2.32. The number of halogens is 1. The number of aromatic nitrogens is 1. The average Bonchev–Trinajstić information content (AvgIpc) is 2.30. The van der Waals surface area contributed by atoms with E-state index in [-0.39, 0.29) is 6.10 Å². The molecule has 2 rings (SSSR count). The molecule has 1 aromatic rings. The summed E-state index contributed by atoms with van der Waals surface area (Å²) in [6, 6.07) is 5.75. The highest BCUT2D eigenvalue weighted by Gasteiger charge is 2.19.